The lowest BCUT2D eigenvalue weighted by Crippen LogP contribution is -2.66. The van der Waals surface area contributed by atoms with Gasteiger partial charge >= 0.3 is 5.92 Å². The van der Waals surface area contributed by atoms with Crippen molar-refractivity contribution >= 4 is 82.3 Å². The van der Waals surface area contributed by atoms with Gasteiger partial charge in [-0.1, -0.05) is 41.1 Å². The molecule has 2 aromatic carbocycles. The molecule has 190 valence electrons. The lowest BCUT2D eigenvalue weighted by Gasteiger charge is -2.52. The van der Waals surface area contributed by atoms with Crippen LogP contribution in [0.25, 0.3) is 0 Å². The maximum absolute atomic E-state index is 14.9. The summed E-state index contributed by atoms with van der Waals surface area (Å²) in [6, 6.07) is 8.73. The summed E-state index contributed by atoms with van der Waals surface area (Å²) in [5.41, 5.74) is 0.993. The van der Waals surface area contributed by atoms with E-state index in [1.807, 2.05) is 0 Å². The van der Waals surface area contributed by atoms with E-state index in [1.54, 1.807) is 65.3 Å². The zero-order valence-electron chi connectivity index (χ0n) is 22.0. The Morgan fingerprint density at radius 1 is 1.03 bits per heavy atom. The third-order valence-corrected chi connectivity index (χ3v) is 8.49. The second-order valence-electron chi connectivity index (χ2n) is 11.5. The molecule has 4 amide bonds. The molecule has 0 bridgehead atoms. The molecule has 4 rings (SSSR count). The standard InChI is InChI=1S/C22H24B6ClF2N3O4/c23-20(24)14(15(35)32-18(38)21(20,25)26)34-8-9-7-11(3-6-13(9)16(34)36)22(27,28)33-17(37)19(30,31)10-1-4-12(29)5-2-10/h1-7,14H,8,23-28H2,(H,33,37)(H,32,35,38). The largest absolute Gasteiger partial charge is 0.357 e. The zero-order valence-corrected chi connectivity index (χ0v) is 22.8. The summed E-state index contributed by atoms with van der Waals surface area (Å²) in [5.74, 6) is -6.58. The van der Waals surface area contributed by atoms with Gasteiger partial charge in [-0.2, -0.15) is 8.78 Å². The van der Waals surface area contributed by atoms with Crippen molar-refractivity contribution in [3.8, 4) is 0 Å². The fourth-order valence-corrected chi connectivity index (χ4v) is 5.12. The SMILES string of the molecule is BC(B)(NC(=O)C(F)(F)c1ccc(Cl)cc1)c1ccc2c(c1)CN(C1C(=O)NC(=O)C(B)(B)C1(B)B)C2=O. The van der Waals surface area contributed by atoms with Crippen LogP contribution in [0.3, 0.4) is 0 Å². The maximum Gasteiger partial charge on any atom is 0.349 e. The number of nitrogens with one attached hydrogen (secondary N) is 2. The Morgan fingerprint density at radius 2 is 1.61 bits per heavy atom. The van der Waals surface area contributed by atoms with Gasteiger partial charge in [-0.3, -0.25) is 24.5 Å². The highest BCUT2D eigenvalue weighted by Gasteiger charge is 2.57. The zero-order chi connectivity index (χ0) is 28.4. The van der Waals surface area contributed by atoms with Gasteiger partial charge in [-0.25, -0.2) is 0 Å². The molecule has 1 atom stereocenters. The number of amides is 4. The van der Waals surface area contributed by atoms with Crippen LogP contribution in [0, 0.1) is 0 Å². The van der Waals surface area contributed by atoms with Crippen LogP contribution in [-0.4, -0.2) is 81.6 Å². The lowest BCUT2D eigenvalue weighted by atomic mass is 9.26. The normalized spacial score (nSPS) is 20.6. The number of hydrogen-bond donors (Lipinski definition) is 2. The molecule has 0 aliphatic carbocycles. The second kappa shape index (κ2) is 9.07. The molecule has 2 heterocycles. The summed E-state index contributed by atoms with van der Waals surface area (Å²) in [5, 5.41) is 2.08. The molecule has 0 saturated carbocycles. The van der Waals surface area contributed by atoms with E-state index in [2.05, 4.69) is 10.6 Å². The van der Waals surface area contributed by atoms with Gasteiger partial charge in [-0.05, 0) is 34.5 Å². The Labute approximate surface area is 229 Å². The molecule has 0 aromatic heterocycles. The minimum absolute atomic E-state index is 0.0960. The van der Waals surface area contributed by atoms with Gasteiger partial charge in [0, 0.05) is 28.0 Å². The first-order chi connectivity index (χ1) is 17.4. The molecular weight excluding hydrogens is 509 g/mol. The summed E-state index contributed by atoms with van der Waals surface area (Å²) in [4.78, 5) is 52.9. The topological polar surface area (TPSA) is 95.6 Å². The smallest absolute Gasteiger partial charge is 0.349 e. The molecule has 0 radical (unpaired) electrons. The summed E-state index contributed by atoms with van der Waals surface area (Å²) < 4.78 is 29.8. The number of fused-ring (bicyclic) bond motifs is 1. The number of hydrogen-bond acceptors (Lipinski definition) is 4. The van der Waals surface area contributed by atoms with Crippen molar-refractivity contribution in [1.82, 2.24) is 15.5 Å². The fourth-order valence-electron chi connectivity index (χ4n) is 5.00. The monoisotopic (exact) mass is 533 g/mol. The van der Waals surface area contributed by atoms with E-state index >= 15 is 0 Å². The summed E-state index contributed by atoms with van der Waals surface area (Å²) in [7, 11) is 10.2. The number of imide groups is 1. The van der Waals surface area contributed by atoms with Crippen LogP contribution in [0.1, 0.15) is 27.0 Å². The first-order valence-electron chi connectivity index (χ1n) is 12.2. The molecule has 38 heavy (non-hydrogen) atoms. The Hall–Kier alpha value is -2.94. The number of carbonyl (C=O) groups is 4. The molecule has 1 saturated heterocycles. The van der Waals surface area contributed by atoms with Crippen LogP contribution in [0.5, 0.6) is 0 Å². The van der Waals surface area contributed by atoms with Gasteiger partial charge in [0.05, 0.1) is 0 Å². The Bertz CT molecular complexity index is 1370. The second-order valence-corrected chi connectivity index (χ2v) is 12.0. The van der Waals surface area contributed by atoms with E-state index in [4.69, 9.17) is 11.6 Å². The molecule has 2 aliphatic heterocycles. The van der Waals surface area contributed by atoms with Crippen molar-refractivity contribution in [3.05, 3.63) is 69.7 Å². The van der Waals surface area contributed by atoms with E-state index < -0.39 is 51.0 Å². The average molecular weight is 533 g/mol. The number of alkyl halides is 2. The molecule has 2 aromatic rings. The molecule has 2 N–H and O–H groups in total. The van der Waals surface area contributed by atoms with Crippen LogP contribution in [0.2, 0.25) is 15.5 Å². The van der Waals surface area contributed by atoms with Gasteiger partial charge in [0.15, 0.2) is 0 Å². The van der Waals surface area contributed by atoms with Crippen molar-refractivity contribution < 1.29 is 28.0 Å². The predicted molar refractivity (Wildman–Crippen MR) is 155 cm³/mol. The molecule has 0 spiro atoms. The fraction of sp³-hybridized carbons (Fsp3) is 0.273. The molecule has 2 aliphatic rings. The van der Waals surface area contributed by atoms with Gasteiger partial charge < -0.3 is 10.2 Å². The third-order valence-electron chi connectivity index (χ3n) is 8.24. The number of nitrogens with zero attached hydrogens (tertiary/aromatic N) is 1. The van der Waals surface area contributed by atoms with Crippen LogP contribution < -0.4 is 10.6 Å². The van der Waals surface area contributed by atoms with Gasteiger partial charge in [-0.15, -0.1) is 0 Å². The highest BCUT2D eigenvalue weighted by atomic mass is 35.5. The van der Waals surface area contributed by atoms with Gasteiger partial charge in [0.25, 0.3) is 11.8 Å². The van der Waals surface area contributed by atoms with Crippen LogP contribution >= 0.6 is 11.6 Å². The van der Waals surface area contributed by atoms with Crippen LogP contribution in [0.4, 0.5) is 8.78 Å². The summed E-state index contributed by atoms with van der Waals surface area (Å²) >= 11 is 5.78. The molecule has 1 fully saturated rings. The average Bonchev–Trinajstić information content (AvgIpc) is 3.13. The number of benzene rings is 2. The predicted octanol–water partition coefficient (Wildman–Crippen LogP) is -3.63. The molecule has 7 nitrogen and oxygen atoms in total. The first-order valence-corrected chi connectivity index (χ1v) is 12.5. The van der Waals surface area contributed by atoms with Crippen LogP contribution in [0.15, 0.2) is 42.5 Å². The van der Waals surface area contributed by atoms with E-state index in [9.17, 15) is 28.0 Å². The highest BCUT2D eigenvalue weighted by molar-refractivity contribution is 6.63. The summed E-state index contributed by atoms with van der Waals surface area (Å²) in [6.45, 7) is 0.0960. The van der Waals surface area contributed by atoms with E-state index in [0.29, 0.717) is 16.7 Å². The Morgan fingerprint density at radius 3 is 2.21 bits per heavy atom. The van der Waals surface area contributed by atoms with Crippen molar-refractivity contribution in [2.75, 3.05) is 0 Å². The molecule has 1 unspecified atom stereocenters. The van der Waals surface area contributed by atoms with Crippen molar-refractivity contribution in [2.45, 2.75) is 34.3 Å². The molecular formula is C22H24B6ClF2N3O4. The van der Waals surface area contributed by atoms with Crippen molar-refractivity contribution in [1.29, 1.82) is 0 Å². The number of rotatable bonds is 5. The minimum atomic E-state index is -3.80. The van der Waals surface area contributed by atoms with E-state index in [1.165, 1.54) is 17.0 Å². The number of piperidine rings is 1. The lowest BCUT2D eigenvalue weighted by molar-refractivity contribution is -0.147. The van der Waals surface area contributed by atoms with Crippen LogP contribution in [-0.2, 0) is 32.2 Å². The van der Waals surface area contributed by atoms with Gasteiger partial charge in [0.2, 0.25) is 11.8 Å². The minimum Gasteiger partial charge on any atom is -0.357 e. The maximum atomic E-state index is 14.9. The van der Waals surface area contributed by atoms with Gasteiger partial charge in [0.1, 0.15) is 53.1 Å². The number of carbonyl (C=O) groups excluding carboxylic acids is 4. The Kier molecular flexibility index (Phi) is 6.70. The highest BCUT2D eigenvalue weighted by Crippen LogP contribution is 2.50. The first kappa shape index (κ1) is 28.1. The van der Waals surface area contributed by atoms with Crippen molar-refractivity contribution in [3.63, 3.8) is 0 Å². The molecule has 16 heteroatoms. The third kappa shape index (κ3) is 4.38. The van der Waals surface area contributed by atoms with Crippen molar-refractivity contribution in [2.24, 2.45) is 0 Å². The Balaban J connectivity index is 1.59. The van der Waals surface area contributed by atoms with E-state index in [-0.39, 0.29) is 17.5 Å². The quantitative estimate of drug-likeness (QED) is 0.307. The number of halogens is 3. The summed E-state index contributed by atoms with van der Waals surface area (Å²) in [6.07, 6.45) is 0. The van der Waals surface area contributed by atoms with E-state index in [0.717, 1.165) is 12.1 Å².